The molecular formula is C20H30N2. The molecule has 2 aromatic rings. The van der Waals surface area contributed by atoms with Crippen LogP contribution in [0.4, 0.5) is 0 Å². The topological polar surface area (TPSA) is 25.8 Å². The fraction of sp³-hybridized carbons (Fsp3) is 0.600. The number of hydrogen-bond donors (Lipinski definition) is 0. The third-order valence-electron chi connectivity index (χ3n) is 4.80. The highest BCUT2D eigenvalue weighted by molar-refractivity contribution is 5.85. The van der Waals surface area contributed by atoms with E-state index in [1.54, 1.807) is 0 Å². The van der Waals surface area contributed by atoms with Crippen LogP contribution >= 0.6 is 0 Å². The van der Waals surface area contributed by atoms with Crippen molar-refractivity contribution in [3.63, 3.8) is 0 Å². The molecular weight excluding hydrogens is 268 g/mol. The van der Waals surface area contributed by atoms with Crippen LogP contribution in [0, 0.1) is 0 Å². The Kier molecular flexibility index (Phi) is 5.55. The second kappa shape index (κ2) is 7.21. The summed E-state index contributed by atoms with van der Waals surface area (Å²) in [6, 6.07) is 0. The van der Waals surface area contributed by atoms with Crippen LogP contribution in [-0.4, -0.2) is 9.97 Å². The molecule has 0 bridgehead atoms. The highest BCUT2D eigenvalue weighted by atomic mass is 14.8. The zero-order chi connectivity index (χ0) is 16.3. The van der Waals surface area contributed by atoms with Crippen LogP contribution in [0.25, 0.3) is 11.0 Å². The summed E-state index contributed by atoms with van der Waals surface area (Å²) in [6.07, 6.45) is 6.20. The second-order valence-corrected chi connectivity index (χ2v) is 5.85. The van der Waals surface area contributed by atoms with Gasteiger partial charge in [-0.25, -0.2) is 9.97 Å². The fourth-order valence-corrected chi connectivity index (χ4v) is 3.76. The third kappa shape index (κ3) is 2.64. The minimum atomic E-state index is 0.966. The molecule has 0 saturated carbocycles. The molecule has 0 aliphatic rings. The molecule has 1 heterocycles. The molecule has 2 nitrogen and oxygen atoms in total. The van der Waals surface area contributed by atoms with E-state index in [0.717, 1.165) is 38.5 Å². The van der Waals surface area contributed by atoms with Gasteiger partial charge in [-0.3, -0.25) is 0 Å². The molecule has 1 aromatic carbocycles. The van der Waals surface area contributed by atoms with Gasteiger partial charge in [0.15, 0.2) is 0 Å². The molecule has 0 amide bonds. The number of rotatable bonds is 6. The van der Waals surface area contributed by atoms with Gasteiger partial charge in [0.25, 0.3) is 0 Å². The van der Waals surface area contributed by atoms with Gasteiger partial charge >= 0.3 is 0 Å². The van der Waals surface area contributed by atoms with Crippen molar-refractivity contribution in [2.75, 3.05) is 0 Å². The Morgan fingerprint density at radius 2 is 0.773 bits per heavy atom. The van der Waals surface area contributed by atoms with Crippen molar-refractivity contribution in [1.82, 2.24) is 9.97 Å². The van der Waals surface area contributed by atoms with E-state index in [2.05, 4.69) is 41.5 Å². The number of benzene rings is 1. The average Bonchev–Trinajstić information content (AvgIpc) is 2.57. The summed E-state index contributed by atoms with van der Waals surface area (Å²) >= 11 is 0. The van der Waals surface area contributed by atoms with Crippen molar-refractivity contribution in [3.05, 3.63) is 33.6 Å². The summed E-state index contributed by atoms with van der Waals surface area (Å²) in [5.41, 5.74) is 10.6. The van der Waals surface area contributed by atoms with E-state index in [1.165, 1.54) is 44.7 Å². The van der Waals surface area contributed by atoms with Crippen molar-refractivity contribution in [3.8, 4) is 0 Å². The summed E-state index contributed by atoms with van der Waals surface area (Å²) in [5, 5.41) is 0. The minimum Gasteiger partial charge on any atom is -0.249 e. The number of hydrogen-bond acceptors (Lipinski definition) is 2. The average molecular weight is 298 g/mol. The molecule has 0 fully saturated rings. The lowest BCUT2D eigenvalue weighted by Gasteiger charge is -2.20. The van der Waals surface area contributed by atoms with Gasteiger partial charge < -0.3 is 0 Å². The lowest BCUT2D eigenvalue weighted by atomic mass is 9.88. The van der Waals surface area contributed by atoms with Crippen LogP contribution in [-0.2, 0) is 38.5 Å². The summed E-state index contributed by atoms with van der Waals surface area (Å²) in [5.74, 6) is 0. The van der Waals surface area contributed by atoms with Crippen molar-refractivity contribution in [1.29, 1.82) is 0 Å². The molecule has 22 heavy (non-hydrogen) atoms. The maximum Gasteiger partial charge on any atom is 0.0927 e. The summed E-state index contributed by atoms with van der Waals surface area (Å²) < 4.78 is 0. The molecule has 0 N–H and O–H groups in total. The van der Waals surface area contributed by atoms with Crippen molar-refractivity contribution in [2.45, 2.75) is 80.1 Å². The van der Waals surface area contributed by atoms with Gasteiger partial charge in [0.1, 0.15) is 0 Å². The van der Waals surface area contributed by atoms with E-state index in [9.17, 15) is 0 Å². The van der Waals surface area contributed by atoms with Crippen LogP contribution in [0.3, 0.4) is 0 Å². The fourth-order valence-electron chi connectivity index (χ4n) is 3.76. The normalized spacial score (nSPS) is 11.4. The largest absolute Gasteiger partial charge is 0.249 e. The molecule has 0 atom stereocenters. The van der Waals surface area contributed by atoms with Gasteiger partial charge in [-0.1, -0.05) is 41.5 Å². The van der Waals surface area contributed by atoms with Crippen LogP contribution in [0.1, 0.15) is 75.2 Å². The molecule has 2 heteroatoms. The van der Waals surface area contributed by atoms with E-state index in [0.29, 0.717) is 0 Å². The first-order valence-electron chi connectivity index (χ1n) is 9.01. The van der Waals surface area contributed by atoms with Crippen molar-refractivity contribution >= 4 is 11.0 Å². The van der Waals surface area contributed by atoms with Crippen molar-refractivity contribution in [2.24, 2.45) is 0 Å². The molecule has 0 spiro atoms. The highest BCUT2D eigenvalue weighted by Crippen LogP contribution is 2.31. The minimum absolute atomic E-state index is 0.966. The molecule has 0 aliphatic carbocycles. The first-order chi connectivity index (χ1) is 10.7. The standard InChI is InChI=1S/C20H30N2/c1-7-13-14(8-2)16(10-4)20-19(15(13)9-3)21-17(11-5)18(12-6)22-20/h7-12H2,1-6H3. The SMILES string of the molecule is CCc1nc2c(CC)c(CC)c(CC)c(CC)c2nc1CC. The van der Waals surface area contributed by atoms with Gasteiger partial charge in [0.05, 0.1) is 22.4 Å². The Hall–Kier alpha value is -1.44. The lowest BCUT2D eigenvalue weighted by molar-refractivity contribution is 0.904. The molecule has 0 aliphatic heterocycles. The monoisotopic (exact) mass is 298 g/mol. The summed E-state index contributed by atoms with van der Waals surface area (Å²) in [4.78, 5) is 10.1. The van der Waals surface area contributed by atoms with Gasteiger partial charge in [-0.15, -0.1) is 0 Å². The zero-order valence-electron chi connectivity index (χ0n) is 15.1. The van der Waals surface area contributed by atoms with Crippen LogP contribution in [0.15, 0.2) is 0 Å². The number of nitrogens with zero attached hydrogens (tertiary/aromatic N) is 2. The Balaban J connectivity index is 2.99. The lowest BCUT2D eigenvalue weighted by Crippen LogP contribution is -2.10. The first kappa shape index (κ1) is 16.9. The molecule has 0 radical (unpaired) electrons. The molecule has 0 unspecified atom stereocenters. The van der Waals surface area contributed by atoms with E-state index < -0.39 is 0 Å². The number of aromatic nitrogens is 2. The van der Waals surface area contributed by atoms with Crippen LogP contribution in [0.2, 0.25) is 0 Å². The van der Waals surface area contributed by atoms with E-state index in [4.69, 9.17) is 9.97 Å². The highest BCUT2D eigenvalue weighted by Gasteiger charge is 2.19. The van der Waals surface area contributed by atoms with Gasteiger partial charge in [0.2, 0.25) is 0 Å². The van der Waals surface area contributed by atoms with E-state index in [1.807, 2.05) is 0 Å². The van der Waals surface area contributed by atoms with Crippen LogP contribution in [0.5, 0.6) is 0 Å². The number of aryl methyl sites for hydroxylation is 4. The Bertz CT molecular complexity index is 613. The van der Waals surface area contributed by atoms with Gasteiger partial charge in [-0.05, 0) is 60.8 Å². The third-order valence-corrected chi connectivity index (χ3v) is 4.80. The summed E-state index contributed by atoms with van der Waals surface area (Å²) in [6.45, 7) is 13.4. The molecule has 1 aromatic heterocycles. The molecule has 2 rings (SSSR count). The first-order valence-corrected chi connectivity index (χ1v) is 9.01. The van der Waals surface area contributed by atoms with Crippen molar-refractivity contribution < 1.29 is 0 Å². The molecule has 120 valence electrons. The smallest absolute Gasteiger partial charge is 0.0927 e. The number of fused-ring (bicyclic) bond motifs is 1. The second-order valence-electron chi connectivity index (χ2n) is 5.85. The Morgan fingerprint density at radius 3 is 1.00 bits per heavy atom. The Morgan fingerprint density at radius 1 is 0.455 bits per heavy atom. The quantitative estimate of drug-likeness (QED) is 0.749. The van der Waals surface area contributed by atoms with E-state index >= 15 is 0 Å². The predicted octanol–water partition coefficient (Wildman–Crippen LogP) is 5.00. The van der Waals surface area contributed by atoms with Crippen LogP contribution < -0.4 is 0 Å². The zero-order valence-corrected chi connectivity index (χ0v) is 15.1. The maximum atomic E-state index is 5.07. The Labute approximate surface area is 135 Å². The maximum absolute atomic E-state index is 5.07. The van der Waals surface area contributed by atoms with E-state index in [-0.39, 0.29) is 0 Å². The van der Waals surface area contributed by atoms with Gasteiger partial charge in [0, 0.05) is 0 Å². The van der Waals surface area contributed by atoms with Gasteiger partial charge in [-0.2, -0.15) is 0 Å². The predicted molar refractivity (Wildman–Crippen MR) is 95.8 cm³/mol. The summed E-state index contributed by atoms with van der Waals surface area (Å²) in [7, 11) is 0. The molecule has 0 saturated heterocycles.